The molecule has 8 nitrogen and oxygen atoms in total. The Hall–Kier alpha value is -4.98. The lowest BCUT2D eigenvalue weighted by Gasteiger charge is -2.11. The second kappa shape index (κ2) is 9.94. The van der Waals surface area contributed by atoms with Crippen molar-refractivity contribution in [3.8, 4) is 11.4 Å². The molecule has 6 rings (SSSR count). The highest BCUT2D eigenvalue weighted by molar-refractivity contribution is 5.87. The van der Waals surface area contributed by atoms with Crippen LogP contribution < -0.4 is 15.4 Å². The van der Waals surface area contributed by atoms with E-state index in [1.54, 1.807) is 19.6 Å². The van der Waals surface area contributed by atoms with E-state index in [4.69, 9.17) is 14.7 Å². The molecule has 37 heavy (non-hydrogen) atoms. The van der Waals surface area contributed by atoms with Crippen LogP contribution in [0.1, 0.15) is 5.56 Å². The van der Waals surface area contributed by atoms with Crippen LogP contribution in [0.5, 0.6) is 5.75 Å². The van der Waals surface area contributed by atoms with Gasteiger partial charge in [0.1, 0.15) is 12.1 Å². The van der Waals surface area contributed by atoms with E-state index in [2.05, 4.69) is 32.7 Å². The Morgan fingerprint density at radius 2 is 1.73 bits per heavy atom. The van der Waals surface area contributed by atoms with E-state index in [9.17, 15) is 0 Å². The van der Waals surface area contributed by atoms with Gasteiger partial charge in [-0.25, -0.2) is 4.98 Å². The summed E-state index contributed by atoms with van der Waals surface area (Å²) in [6, 6.07) is 28.1. The molecule has 0 saturated carbocycles. The van der Waals surface area contributed by atoms with E-state index < -0.39 is 0 Å². The maximum absolute atomic E-state index is 5.26. The summed E-state index contributed by atoms with van der Waals surface area (Å²) in [4.78, 5) is 18.7. The Morgan fingerprint density at radius 3 is 2.57 bits per heavy atom. The lowest BCUT2D eigenvalue weighted by Crippen LogP contribution is -2.09. The number of rotatable bonds is 8. The quantitative estimate of drug-likeness (QED) is 0.282. The number of para-hydroxylation sites is 1. The van der Waals surface area contributed by atoms with Crippen molar-refractivity contribution >= 4 is 39.5 Å². The van der Waals surface area contributed by atoms with Gasteiger partial charge in [0.15, 0.2) is 17.0 Å². The van der Waals surface area contributed by atoms with Crippen LogP contribution in [0.2, 0.25) is 0 Å². The van der Waals surface area contributed by atoms with Crippen LogP contribution in [0.3, 0.4) is 0 Å². The summed E-state index contributed by atoms with van der Waals surface area (Å²) in [7, 11) is 1.67. The Morgan fingerprint density at radius 1 is 0.865 bits per heavy atom. The van der Waals surface area contributed by atoms with Crippen molar-refractivity contribution in [2.75, 3.05) is 24.3 Å². The van der Waals surface area contributed by atoms with E-state index in [-0.39, 0.29) is 0 Å². The molecule has 0 aliphatic rings. The Balaban J connectivity index is 1.33. The molecule has 0 radical (unpaired) electrons. The first kappa shape index (κ1) is 22.5. The molecule has 0 saturated heterocycles. The van der Waals surface area contributed by atoms with E-state index in [0.29, 0.717) is 23.8 Å². The maximum atomic E-state index is 5.26. The largest absolute Gasteiger partial charge is 0.497 e. The van der Waals surface area contributed by atoms with Crippen molar-refractivity contribution in [2.24, 2.45) is 0 Å². The predicted octanol–water partition coefficient (Wildman–Crippen LogP) is 5.77. The number of hydrogen-bond acceptors (Lipinski definition) is 7. The smallest absolute Gasteiger partial charge is 0.231 e. The summed E-state index contributed by atoms with van der Waals surface area (Å²) in [6.45, 7) is 0.692. The number of fused-ring (bicyclic) bond motifs is 2. The van der Waals surface area contributed by atoms with Crippen molar-refractivity contribution in [3.63, 3.8) is 0 Å². The molecule has 0 spiro atoms. The second-order valence-corrected chi connectivity index (χ2v) is 8.58. The summed E-state index contributed by atoms with van der Waals surface area (Å²) in [5.41, 5.74) is 5.44. The average Bonchev–Trinajstić information content (AvgIpc) is 3.38. The van der Waals surface area contributed by atoms with Crippen molar-refractivity contribution in [1.29, 1.82) is 0 Å². The molecular weight excluding hydrogens is 462 g/mol. The van der Waals surface area contributed by atoms with Gasteiger partial charge in [0.2, 0.25) is 5.95 Å². The molecule has 182 valence electrons. The van der Waals surface area contributed by atoms with E-state index >= 15 is 0 Å². The molecule has 0 fully saturated rings. The molecule has 2 N–H and O–H groups in total. The minimum Gasteiger partial charge on any atom is -0.497 e. The molecule has 6 aromatic rings. The molecule has 3 aromatic carbocycles. The topological polar surface area (TPSA) is 89.8 Å². The third-order valence-electron chi connectivity index (χ3n) is 6.15. The fraction of sp³-hybridized carbons (Fsp3) is 0.103. The first-order valence-corrected chi connectivity index (χ1v) is 12.1. The van der Waals surface area contributed by atoms with Gasteiger partial charge in [-0.15, -0.1) is 0 Å². The van der Waals surface area contributed by atoms with Crippen molar-refractivity contribution in [3.05, 3.63) is 103 Å². The molecule has 0 atom stereocenters. The maximum Gasteiger partial charge on any atom is 0.231 e. The zero-order valence-electron chi connectivity index (χ0n) is 20.3. The van der Waals surface area contributed by atoms with Crippen LogP contribution in [-0.4, -0.2) is 38.2 Å². The predicted molar refractivity (Wildman–Crippen MR) is 147 cm³/mol. The van der Waals surface area contributed by atoms with Gasteiger partial charge in [0.05, 0.1) is 12.6 Å². The van der Waals surface area contributed by atoms with E-state index in [1.807, 2.05) is 77.4 Å². The highest BCUT2D eigenvalue weighted by Crippen LogP contribution is 2.26. The van der Waals surface area contributed by atoms with Gasteiger partial charge in [0, 0.05) is 29.5 Å². The van der Waals surface area contributed by atoms with Gasteiger partial charge in [0.25, 0.3) is 0 Å². The minimum absolute atomic E-state index is 0.486. The Kier molecular flexibility index (Phi) is 6.04. The number of nitrogens with one attached hydrogen (secondary N) is 2. The molecule has 3 heterocycles. The number of benzene rings is 3. The van der Waals surface area contributed by atoms with Crippen LogP contribution in [-0.2, 0) is 6.42 Å². The van der Waals surface area contributed by atoms with Crippen LogP contribution in [0, 0.1) is 0 Å². The third-order valence-corrected chi connectivity index (χ3v) is 6.15. The summed E-state index contributed by atoms with van der Waals surface area (Å²) in [5, 5.41) is 7.89. The fourth-order valence-electron chi connectivity index (χ4n) is 4.26. The lowest BCUT2D eigenvalue weighted by molar-refractivity contribution is 0.414. The monoisotopic (exact) mass is 487 g/mol. The van der Waals surface area contributed by atoms with Gasteiger partial charge in [-0.3, -0.25) is 9.55 Å². The zero-order valence-corrected chi connectivity index (χ0v) is 20.3. The number of aromatic nitrogens is 5. The molecule has 0 bridgehead atoms. The number of anilines is 3. The summed E-state index contributed by atoms with van der Waals surface area (Å²) < 4.78 is 7.24. The number of pyridine rings is 1. The van der Waals surface area contributed by atoms with Gasteiger partial charge in [-0.1, -0.05) is 36.4 Å². The first-order valence-electron chi connectivity index (χ1n) is 12.1. The molecular formula is C29H25N7O. The zero-order chi connectivity index (χ0) is 25.0. The highest BCUT2D eigenvalue weighted by atomic mass is 16.5. The Labute approximate surface area is 214 Å². The third kappa shape index (κ3) is 4.77. The second-order valence-electron chi connectivity index (χ2n) is 8.58. The SMILES string of the molecule is COc1ccc(CCNc2nc(Nc3ccc4ncccc4c3)nc3c2ncn3-c2ccccc2)cc1. The van der Waals surface area contributed by atoms with Crippen LogP contribution >= 0.6 is 0 Å². The van der Waals surface area contributed by atoms with Crippen molar-refractivity contribution in [2.45, 2.75) is 6.42 Å². The molecule has 0 aliphatic heterocycles. The molecule has 0 unspecified atom stereocenters. The number of methoxy groups -OCH3 is 1. The average molecular weight is 488 g/mol. The van der Waals surface area contributed by atoms with Crippen molar-refractivity contribution in [1.82, 2.24) is 24.5 Å². The van der Waals surface area contributed by atoms with Crippen LogP contribution in [0.15, 0.2) is 97.5 Å². The van der Waals surface area contributed by atoms with E-state index in [1.165, 1.54) is 5.56 Å². The summed E-state index contributed by atoms with van der Waals surface area (Å²) >= 11 is 0. The minimum atomic E-state index is 0.486. The normalized spacial score (nSPS) is 11.1. The van der Waals surface area contributed by atoms with Gasteiger partial charge < -0.3 is 15.4 Å². The van der Waals surface area contributed by atoms with Gasteiger partial charge in [-0.2, -0.15) is 9.97 Å². The molecule has 3 aromatic heterocycles. The number of ether oxygens (including phenoxy) is 1. The van der Waals surface area contributed by atoms with Gasteiger partial charge >= 0.3 is 0 Å². The van der Waals surface area contributed by atoms with Crippen molar-refractivity contribution < 1.29 is 4.74 Å². The first-order chi connectivity index (χ1) is 18.3. The van der Waals surface area contributed by atoms with E-state index in [0.717, 1.165) is 40.1 Å². The summed E-state index contributed by atoms with van der Waals surface area (Å²) in [6.07, 6.45) is 4.41. The lowest BCUT2D eigenvalue weighted by atomic mass is 10.1. The van der Waals surface area contributed by atoms with Crippen LogP contribution in [0.4, 0.5) is 17.5 Å². The number of nitrogens with zero attached hydrogens (tertiary/aromatic N) is 5. The van der Waals surface area contributed by atoms with Gasteiger partial charge in [-0.05, 0) is 60.5 Å². The number of hydrogen-bond donors (Lipinski definition) is 2. The molecule has 0 amide bonds. The van der Waals surface area contributed by atoms with Crippen LogP contribution in [0.25, 0.3) is 27.8 Å². The number of imidazole rings is 1. The molecule has 0 aliphatic carbocycles. The highest BCUT2D eigenvalue weighted by Gasteiger charge is 2.15. The standard InChI is InChI=1S/C29H25N7O/c1-37-24-12-9-20(10-13-24)15-17-31-27-26-28(36(19-32-26)23-7-3-2-4-8-23)35-29(34-27)33-22-11-14-25-21(18-22)6-5-16-30-25/h2-14,16,18-19H,15,17H2,1H3,(H2,31,33,34,35). The fourth-order valence-corrected chi connectivity index (χ4v) is 4.26. The summed E-state index contributed by atoms with van der Waals surface area (Å²) in [5.74, 6) is 2.01. The Bertz CT molecular complexity index is 1660. The molecule has 8 heteroatoms.